The number of likely N-dealkylation sites (tertiary alicyclic amines) is 1. The van der Waals surface area contributed by atoms with Crippen LogP contribution in [0.3, 0.4) is 0 Å². The Hall–Kier alpha value is -1.71. The van der Waals surface area contributed by atoms with E-state index in [-0.39, 0.29) is 12.7 Å². The minimum absolute atomic E-state index is 0.186. The second-order valence-corrected chi connectivity index (χ2v) is 4.42. The van der Waals surface area contributed by atoms with E-state index in [1.807, 2.05) is 23.1 Å². The van der Waals surface area contributed by atoms with Gasteiger partial charge in [-0.15, -0.1) is 0 Å². The molecule has 0 saturated carbocycles. The third kappa shape index (κ3) is 1.95. The van der Waals surface area contributed by atoms with Crippen molar-refractivity contribution in [2.45, 2.75) is 19.3 Å². The fraction of sp³-hybridized carbons (Fsp3) is 0.462. The van der Waals surface area contributed by atoms with Crippen LogP contribution in [0.4, 0.5) is 0 Å². The standard InChI is InChI=1S/C13H15NO3/c15-12(14-6-1-2-7-14)8-10-4-3-5-11-13(10)17-9-16-11/h3-5H,1-2,6-9H2. The lowest BCUT2D eigenvalue weighted by molar-refractivity contribution is -0.129. The highest BCUT2D eigenvalue weighted by molar-refractivity contribution is 5.80. The summed E-state index contributed by atoms with van der Waals surface area (Å²) in [6, 6.07) is 5.70. The molecule has 3 rings (SSSR count). The molecule has 0 N–H and O–H groups in total. The van der Waals surface area contributed by atoms with Crippen molar-refractivity contribution < 1.29 is 14.3 Å². The summed E-state index contributed by atoms with van der Waals surface area (Å²) in [6.07, 6.45) is 2.66. The van der Waals surface area contributed by atoms with Gasteiger partial charge in [0, 0.05) is 18.7 Å². The van der Waals surface area contributed by atoms with Gasteiger partial charge in [-0.1, -0.05) is 12.1 Å². The maximum Gasteiger partial charge on any atom is 0.231 e. The molecule has 1 fully saturated rings. The lowest BCUT2D eigenvalue weighted by Crippen LogP contribution is -2.29. The molecule has 0 radical (unpaired) electrons. The van der Waals surface area contributed by atoms with E-state index < -0.39 is 0 Å². The van der Waals surface area contributed by atoms with Gasteiger partial charge >= 0.3 is 0 Å². The summed E-state index contributed by atoms with van der Waals surface area (Å²) in [5, 5.41) is 0. The molecule has 2 aliphatic heterocycles. The number of para-hydroxylation sites is 1. The van der Waals surface area contributed by atoms with E-state index in [0.29, 0.717) is 6.42 Å². The minimum Gasteiger partial charge on any atom is -0.454 e. The zero-order valence-electron chi connectivity index (χ0n) is 9.65. The van der Waals surface area contributed by atoms with Gasteiger partial charge in [0.1, 0.15) is 0 Å². The Morgan fingerprint density at radius 3 is 2.88 bits per heavy atom. The molecular formula is C13H15NO3. The first-order chi connectivity index (χ1) is 8.34. The van der Waals surface area contributed by atoms with Crippen LogP contribution >= 0.6 is 0 Å². The van der Waals surface area contributed by atoms with Crippen molar-refractivity contribution in [3.8, 4) is 11.5 Å². The van der Waals surface area contributed by atoms with E-state index in [4.69, 9.17) is 9.47 Å². The summed E-state index contributed by atoms with van der Waals surface area (Å²) >= 11 is 0. The summed E-state index contributed by atoms with van der Waals surface area (Å²) in [6.45, 7) is 2.04. The number of hydrogen-bond donors (Lipinski definition) is 0. The third-order valence-corrected chi connectivity index (χ3v) is 3.28. The van der Waals surface area contributed by atoms with Crippen molar-refractivity contribution in [2.24, 2.45) is 0 Å². The number of ether oxygens (including phenoxy) is 2. The highest BCUT2D eigenvalue weighted by atomic mass is 16.7. The van der Waals surface area contributed by atoms with Gasteiger partial charge in [0.2, 0.25) is 12.7 Å². The molecule has 4 heteroatoms. The number of rotatable bonds is 2. The average molecular weight is 233 g/mol. The number of amides is 1. The number of carbonyl (C=O) groups excluding carboxylic acids is 1. The Balaban J connectivity index is 1.76. The molecule has 0 aliphatic carbocycles. The van der Waals surface area contributed by atoms with E-state index in [1.165, 1.54) is 0 Å². The molecule has 17 heavy (non-hydrogen) atoms. The first kappa shape index (κ1) is 10.4. The lowest BCUT2D eigenvalue weighted by atomic mass is 10.1. The quantitative estimate of drug-likeness (QED) is 0.778. The van der Waals surface area contributed by atoms with Gasteiger partial charge < -0.3 is 14.4 Å². The summed E-state index contributed by atoms with van der Waals surface area (Å²) in [5.41, 5.74) is 0.928. The molecule has 2 heterocycles. The maximum atomic E-state index is 12.0. The molecule has 0 bridgehead atoms. The van der Waals surface area contributed by atoms with E-state index in [2.05, 4.69) is 0 Å². The van der Waals surface area contributed by atoms with Crippen molar-refractivity contribution >= 4 is 5.91 Å². The van der Waals surface area contributed by atoms with Crippen molar-refractivity contribution in [2.75, 3.05) is 19.9 Å². The molecule has 1 aromatic carbocycles. The van der Waals surface area contributed by atoms with E-state index in [9.17, 15) is 4.79 Å². The fourth-order valence-electron chi connectivity index (χ4n) is 2.37. The molecule has 90 valence electrons. The summed E-state index contributed by atoms with van der Waals surface area (Å²) in [4.78, 5) is 14.0. The Labute approximate surface area is 100 Å². The first-order valence-corrected chi connectivity index (χ1v) is 6.00. The highest BCUT2D eigenvalue weighted by Crippen LogP contribution is 2.35. The lowest BCUT2D eigenvalue weighted by Gasteiger charge is -2.15. The van der Waals surface area contributed by atoms with Crippen molar-refractivity contribution in [1.29, 1.82) is 0 Å². The van der Waals surface area contributed by atoms with Gasteiger partial charge in [0.15, 0.2) is 11.5 Å². The fourth-order valence-corrected chi connectivity index (χ4v) is 2.37. The third-order valence-electron chi connectivity index (χ3n) is 3.28. The largest absolute Gasteiger partial charge is 0.454 e. The van der Waals surface area contributed by atoms with E-state index in [0.717, 1.165) is 43.0 Å². The van der Waals surface area contributed by atoms with Gasteiger partial charge in [-0.2, -0.15) is 0 Å². The normalized spacial score (nSPS) is 17.5. The van der Waals surface area contributed by atoms with Gasteiger partial charge in [0.05, 0.1) is 6.42 Å². The first-order valence-electron chi connectivity index (χ1n) is 6.00. The van der Waals surface area contributed by atoms with Crippen LogP contribution in [-0.2, 0) is 11.2 Å². The number of benzene rings is 1. The number of carbonyl (C=O) groups is 1. The molecule has 0 spiro atoms. The maximum absolute atomic E-state index is 12.0. The summed E-state index contributed by atoms with van der Waals surface area (Å²) in [5.74, 6) is 1.67. The van der Waals surface area contributed by atoms with Crippen molar-refractivity contribution in [1.82, 2.24) is 4.90 Å². The Kier molecular flexibility index (Phi) is 2.63. The summed E-state index contributed by atoms with van der Waals surface area (Å²) < 4.78 is 10.7. The average Bonchev–Trinajstić information content (AvgIpc) is 3.00. The van der Waals surface area contributed by atoms with Crippen LogP contribution in [0.1, 0.15) is 18.4 Å². The van der Waals surface area contributed by atoms with E-state index in [1.54, 1.807) is 0 Å². The van der Waals surface area contributed by atoms with Crippen LogP contribution in [0, 0.1) is 0 Å². The van der Waals surface area contributed by atoms with Crippen LogP contribution in [0.5, 0.6) is 11.5 Å². The Bertz CT molecular complexity index is 438. The second kappa shape index (κ2) is 4.28. The molecule has 0 aromatic heterocycles. The highest BCUT2D eigenvalue weighted by Gasteiger charge is 2.22. The Morgan fingerprint density at radius 1 is 1.24 bits per heavy atom. The molecule has 0 unspecified atom stereocenters. The van der Waals surface area contributed by atoms with Crippen LogP contribution < -0.4 is 9.47 Å². The number of nitrogens with zero attached hydrogens (tertiary/aromatic N) is 1. The van der Waals surface area contributed by atoms with Gasteiger partial charge in [0.25, 0.3) is 0 Å². The minimum atomic E-state index is 0.186. The van der Waals surface area contributed by atoms with Crippen molar-refractivity contribution in [3.05, 3.63) is 23.8 Å². The predicted octanol–water partition coefficient (Wildman–Crippen LogP) is 1.58. The monoisotopic (exact) mass is 233 g/mol. The molecule has 1 amide bonds. The zero-order valence-corrected chi connectivity index (χ0v) is 9.65. The molecule has 2 aliphatic rings. The molecule has 4 nitrogen and oxygen atoms in total. The van der Waals surface area contributed by atoms with Crippen molar-refractivity contribution in [3.63, 3.8) is 0 Å². The van der Waals surface area contributed by atoms with Crippen LogP contribution in [0.2, 0.25) is 0 Å². The Morgan fingerprint density at radius 2 is 2.06 bits per heavy atom. The zero-order chi connectivity index (χ0) is 11.7. The molecule has 1 aromatic rings. The number of fused-ring (bicyclic) bond motifs is 1. The molecule has 1 saturated heterocycles. The van der Waals surface area contributed by atoms with Gasteiger partial charge in [-0.05, 0) is 18.9 Å². The van der Waals surface area contributed by atoms with Crippen LogP contribution in [0.15, 0.2) is 18.2 Å². The van der Waals surface area contributed by atoms with Crippen LogP contribution in [-0.4, -0.2) is 30.7 Å². The topological polar surface area (TPSA) is 38.8 Å². The van der Waals surface area contributed by atoms with E-state index >= 15 is 0 Å². The predicted molar refractivity (Wildman–Crippen MR) is 62.1 cm³/mol. The molecular weight excluding hydrogens is 218 g/mol. The molecule has 0 atom stereocenters. The van der Waals surface area contributed by atoms with Gasteiger partial charge in [-0.25, -0.2) is 0 Å². The summed E-state index contributed by atoms with van der Waals surface area (Å²) in [7, 11) is 0. The second-order valence-electron chi connectivity index (χ2n) is 4.42. The number of hydrogen-bond acceptors (Lipinski definition) is 3. The van der Waals surface area contributed by atoms with Gasteiger partial charge in [-0.3, -0.25) is 4.79 Å². The van der Waals surface area contributed by atoms with Crippen LogP contribution in [0.25, 0.3) is 0 Å². The SMILES string of the molecule is O=C(Cc1cccc2c1OCO2)N1CCCC1. The smallest absolute Gasteiger partial charge is 0.231 e.